The Morgan fingerprint density at radius 1 is 1.45 bits per heavy atom. The number of thiazole rings is 1. The number of aryl methyl sites for hydroxylation is 1. The first-order chi connectivity index (χ1) is 9.51. The van der Waals surface area contributed by atoms with Gasteiger partial charge in [-0.15, -0.1) is 11.3 Å². The smallest absolute Gasteiger partial charge is 0.243 e. The predicted molar refractivity (Wildman–Crippen MR) is 84.1 cm³/mol. The fourth-order valence-electron chi connectivity index (χ4n) is 1.81. The van der Waals surface area contributed by atoms with Gasteiger partial charge < -0.3 is 5.32 Å². The number of nitrogens with one attached hydrogen (secondary N) is 1. The molecule has 0 saturated carbocycles. The fourth-order valence-corrected chi connectivity index (χ4v) is 2.88. The van der Waals surface area contributed by atoms with Crippen molar-refractivity contribution in [2.45, 2.75) is 19.9 Å². The number of benzene rings is 1. The van der Waals surface area contributed by atoms with E-state index in [0.717, 1.165) is 21.1 Å². The molecule has 1 N–H and O–H groups in total. The lowest BCUT2D eigenvalue weighted by Gasteiger charge is -2.08. The molecule has 20 heavy (non-hydrogen) atoms. The third-order valence-corrected chi connectivity index (χ3v) is 4.25. The van der Waals surface area contributed by atoms with Crippen molar-refractivity contribution in [3.05, 3.63) is 51.8 Å². The molecule has 0 saturated heterocycles. The van der Waals surface area contributed by atoms with Gasteiger partial charge in [-0.3, -0.25) is 4.79 Å². The summed E-state index contributed by atoms with van der Waals surface area (Å²) in [6, 6.07) is 7.45. The van der Waals surface area contributed by atoms with E-state index in [-0.39, 0.29) is 11.9 Å². The SMILES string of the molecule is C=CC(=O)NC(C)c1nc(-c2ccc(Cl)cc2)c(C)s1. The Morgan fingerprint density at radius 3 is 2.70 bits per heavy atom. The number of carbonyl (C=O) groups excluding carboxylic acids is 1. The van der Waals surface area contributed by atoms with Crippen molar-refractivity contribution in [3.8, 4) is 11.3 Å². The van der Waals surface area contributed by atoms with Gasteiger partial charge in [-0.05, 0) is 32.1 Å². The molecule has 1 aromatic heterocycles. The lowest BCUT2D eigenvalue weighted by molar-refractivity contribution is -0.117. The summed E-state index contributed by atoms with van der Waals surface area (Å²) in [4.78, 5) is 17.1. The van der Waals surface area contributed by atoms with Crippen LogP contribution in [0.2, 0.25) is 5.02 Å². The van der Waals surface area contributed by atoms with E-state index in [0.29, 0.717) is 5.02 Å². The Labute approximate surface area is 127 Å². The predicted octanol–water partition coefficient (Wildman–Crippen LogP) is 4.14. The molecule has 3 nitrogen and oxygen atoms in total. The lowest BCUT2D eigenvalue weighted by atomic mass is 10.1. The summed E-state index contributed by atoms with van der Waals surface area (Å²) in [5.74, 6) is -0.196. The van der Waals surface area contributed by atoms with Crippen molar-refractivity contribution in [1.82, 2.24) is 10.3 Å². The highest BCUT2D eigenvalue weighted by atomic mass is 35.5. The monoisotopic (exact) mass is 306 g/mol. The van der Waals surface area contributed by atoms with Crippen LogP contribution in [0.25, 0.3) is 11.3 Å². The van der Waals surface area contributed by atoms with E-state index < -0.39 is 0 Å². The summed E-state index contributed by atoms with van der Waals surface area (Å²) in [7, 11) is 0. The van der Waals surface area contributed by atoms with Gasteiger partial charge in [0.2, 0.25) is 5.91 Å². The summed E-state index contributed by atoms with van der Waals surface area (Å²) < 4.78 is 0. The van der Waals surface area contributed by atoms with Gasteiger partial charge in [-0.1, -0.05) is 30.3 Å². The number of hydrogen-bond donors (Lipinski definition) is 1. The third kappa shape index (κ3) is 3.26. The second kappa shape index (κ2) is 6.20. The van der Waals surface area contributed by atoms with Crippen molar-refractivity contribution < 1.29 is 4.79 Å². The van der Waals surface area contributed by atoms with E-state index in [4.69, 9.17) is 11.6 Å². The molecule has 0 aliphatic carbocycles. The highest BCUT2D eigenvalue weighted by Crippen LogP contribution is 2.31. The zero-order valence-corrected chi connectivity index (χ0v) is 12.9. The summed E-state index contributed by atoms with van der Waals surface area (Å²) in [6.45, 7) is 7.37. The zero-order valence-electron chi connectivity index (χ0n) is 11.3. The van der Waals surface area contributed by atoms with Crippen LogP contribution in [0.1, 0.15) is 22.9 Å². The highest BCUT2D eigenvalue weighted by Gasteiger charge is 2.15. The Kier molecular flexibility index (Phi) is 4.57. The molecule has 1 heterocycles. The van der Waals surface area contributed by atoms with E-state index in [1.165, 1.54) is 6.08 Å². The van der Waals surface area contributed by atoms with Crippen LogP contribution in [0.15, 0.2) is 36.9 Å². The molecule has 1 atom stereocenters. The van der Waals surface area contributed by atoms with Crippen molar-refractivity contribution in [2.24, 2.45) is 0 Å². The largest absolute Gasteiger partial charge is 0.344 e. The molecule has 0 spiro atoms. The third-order valence-electron chi connectivity index (χ3n) is 2.85. The Hall–Kier alpha value is -1.65. The summed E-state index contributed by atoms with van der Waals surface area (Å²) in [6.07, 6.45) is 1.26. The molecule has 0 fully saturated rings. The van der Waals surface area contributed by atoms with Gasteiger partial charge in [0.15, 0.2) is 0 Å². The van der Waals surface area contributed by atoms with Gasteiger partial charge in [-0.2, -0.15) is 0 Å². The molecule has 1 amide bonds. The van der Waals surface area contributed by atoms with Gasteiger partial charge in [0.1, 0.15) is 5.01 Å². The lowest BCUT2D eigenvalue weighted by Crippen LogP contribution is -2.24. The maximum atomic E-state index is 11.3. The Balaban J connectivity index is 2.27. The summed E-state index contributed by atoms with van der Waals surface area (Å²) in [5, 5.41) is 4.40. The number of hydrogen-bond acceptors (Lipinski definition) is 3. The minimum absolute atomic E-state index is 0.134. The second-order valence-corrected chi connectivity index (χ2v) is 6.07. The summed E-state index contributed by atoms with van der Waals surface area (Å²) >= 11 is 7.47. The van der Waals surface area contributed by atoms with E-state index >= 15 is 0 Å². The first-order valence-corrected chi connectivity index (χ1v) is 7.37. The molecule has 0 aliphatic heterocycles. The van der Waals surface area contributed by atoms with Gasteiger partial charge in [0, 0.05) is 15.5 Å². The second-order valence-electron chi connectivity index (χ2n) is 4.40. The van der Waals surface area contributed by atoms with E-state index in [2.05, 4.69) is 16.9 Å². The Morgan fingerprint density at radius 2 is 2.10 bits per heavy atom. The minimum atomic E-state index is -0.196. The number of amides is 1. The van der Waals surface area contributed by atoms with Crippen LogP contribution in [0.5, 0.6) is 0 Å². The van der Waals surface area contributed by atoms with Crippen LogP contribution in [-0.4, -0.2) is 10.9 Å². The molecule has 0 radical (unpaired) electrons. The van der Waals surface area contributed by atoms with E-state index in [9.17, 15) is 4.79 Å². The van der Waals surface area contributed by atoms with Crippen LogP contribution >= 0.6 is 22.9 Å². The number of halogens is 1. The average Bonchev–Trinajstić information content (AvgIpc) is 2.81. The molecule has 2 aromatic rings. The quantitative estimate of drug-likeness (QED) is 0.863. The van der Waals surface area contributed by atoms with Crippen LogP contribution in [0, 0.1) is 6.92 Å². The molecule has 1 aromatic carbocycles. The molecule has 5 heteroatoms. The highest BCUT2D eigenvalue weighted by molar-refractivity contribution is 7.12. The Bertz CT molecular complexity index is 634. The minimum Gasteiger partial charge on any atom is -0.344 e. The van der Waals surface area contributed by atoms with Crippen LogP contribution in [-0.2, 0) is 4.79 Å². The zero-order chi connectivity index (χ0) is 14.7. The maximum absolute atomic E-state index is 11.3. The van der Waals surface area contributed by atoms with Crippen LogP contribution in [0.4, 0.5) is 0 Å². The first-order valence-electron chi connectivity index (χ1n) is 6.17. The van der Waals surface area contributed by atoms with Crippen LogP contribution in [0.3, 0.4) is 0 Å². The van der Waals surface area contributed by atoms with E-state index in [1.807, 2.05) is 38.1 Å². The van der Waals surface area contributed by atoms with Crippen molar-refractivity contribution in [1.29, 1.82) is 0 Å². The average molecular weight is 307 g/mol. The van der Waals surface area contributed by atoms with Crippen molar-refractivity contribution in [3.63, 3.8) is 0 Å². The molecule has 0 bridgehead atoms. The number of carbonyl (C=O) groups is 1. The van der Waals surface area contributed by atoms with Gasteiger partial charge in [0.25, 0.3) is 0 Å². The maximum Gasteiger partial charge on any atom is 0.243 e. The topological polar surface area (TPSA) is 42.0 Å². The number of aromatic nitrogens is 1. The molecular formula is C15H15ClN2OS. The number of nitrogens with zero attached hydrogens (tertiary/aromatic N) is 1. The van der Waals surface area contributed by atoms with Crippen LogP contribution < -0.4 is 5.32 Å². The van der Waals surface area contributed by atoms with Gasteiger partial charge in [0.05, 0.1) is 11.7 Å². The molecule has 1 unspecified atom stereocenters. The number of rotatable bonds is 4. The first kappa shape index (κ1) is 14.8. The van der Waals surface area contributed by atoms with Gasteiger partial charge in [-0.25, -0.2) is 4.98 Å². The molecule has 0 aliphatic rings. The molecule has 2 rings (SSSR count). The van der Waals surface area contributed by atoms with Crippen molar-refractivity contribution in [2.75, 3.05) is 0 Å². The normalized spacial score (nSPS) is 11.9. The molecule has 104 valence electrons. The molecular weight excluding hydrogens is 292 g/mol. The van der Waals surface area contributed by atoms with E-state index in [1.54, 1.807) is 11.3 Å². The summed E-state index contributed by atoms with van der Waals surface area (Å²) in [5.41, 5.74) is 1.96. The van der Waals surface area contributed by atoms with Gasteiger partial charge >= 0.3 is 0 Å². The standard InChI is InChI=1S/C15H15ClN2OS/c1-4-13(19)17-9(2)15-18-14(10(3)20-15)11-5-7-12(16)8-6-11/h4-9H,1H2,2-3H3,(H,17,19). The van der Waals surface area contributed by atoms with Crippen molar-refractivity contribution >= 4 is 28.8 Å². The fraction of sp³-hybridized carbons (Fsp3) is 0.200.